The van der Waals surface area contributed by atoms with Gasteiger partial charge in [-0.25, -0.2) is 9.67 Å². The Morgan fingerprint density at radius 1 is 1.16 bits per heavy atom. The van der Waals surface area contributed by atoms with Gasteiger partial charge < -0.3 is 9.64 Å². The quantitative estimate of drug-likeness (QED) is 0.459. The molecule has 0 radical (unpaired) electrons. The third-order valence-electron chi connectivity index (χ3n) is 6.23. The highest BCUT2D eigenvalue weighted by atomic mass is 16.5. The van der Waals surface area contributed by atoms with Crippen molar-refractivity contribution < 1.29 is 9.53 Å². The molecule has 0 aliphatic carbocycles. The van der Waals surface area contributed by atoms with Gasteiger partial charge in [0, 0.05) is 18.7 Å². The number of hydrogen-bond donors (Lipinski definition) is 0. The van der Waals surface area contributed by atoms with Gasteiger partial charge in [0.1, 0.15) is 5.75 Å². The minimum absolute atomic E-state index is 0.0462. The Morgan fingerprint density at radius 2 is 1.97 bits per heavy atom. The van der Waals surface area contributed by atoms with Crippen LogP contribution in [-0.4, -0.2) is 34.3 Å². The first-order valence-corrected chi connectivity index (χ1v) is 11.0. The van der Waals surface area contributed by atoms with Crippen molar-refractivity contribution in [1.29, 1.82) is 0 Å². The van der Waals surface area contributed by atoms with Crippen LogP contribution >= 0.6 is 0 Å². The zero-order valence-electron chi connectivity index (χ0n) is 18.6. The number of aromatic nitrogens is 3. The topological polar surface area (TPSA) is 60.2 Å². The number of nitrogens with zero attached hydrogens (tertiary/aromatic N) is 4. The smallest absolute Gasteiger partial charge is 0.259 e. The van der Waals surface area contributed by atoms with E-state index < -0.39 is 0 Å². The van der Waals surface area contributed by atoms with E-state index in [-0.39, 0.29) is 5.91 Å². The fourth-order valence-corrected chi connectivity index (χ4v) is 4.58. The average molecular weight is 427 g/mol. The van der Waals surface area contributed by atoms with Gasteiger partial charge in [-0.1, -0.05) is 36.4 Å². The molecule has 0 spiro atoms. The number of anilines is 1. The lowest BCUT2D eigenvalue weighted by atomic mass is 9.95. The first-order valence-electron chi connectivity index (χ1n) is 11.0. The number of methoxy groups -OCH3 is 1. The highest BCUT2D eigenvalue weighted by Gasteiger charge is 2.30. The number of hydrogen-bond acceptors (Lipinski definition) is 4. The summed E-state index contributed by atoms with van der Waals surface area (Å²) in [5, 5.41) is 5.26. The Hall–Kier alpha value is -3.67. The van der Waals surface area contributed by atoms with E-state index in [9.17, 15) is 4.79 Å². The van der Waals surface area contributed by atoms with Crippen LogP contribution in [0.1, 0.15) is 34.8 Å². The second-order valence-electron chi connectivity index (χ2n) is 8.09. The molecule has 0 bridgehead atoms. The highest BCUT2D eigenvalue weighted by molar-refractivity contribution is 6.14. The molecule has 1 aliphatic heterocycles. The number of aryl methyl sites for hydroxylation is 2. The molecule has 32 heavy (non-hydrogen) atoms. The highest BCUT2D eigenvalue weighted by Crippen LogP contribution is 2.39. The Bertz CT molecular complexity index is 1310. The van der Waals surface area contributed by atoms with Crippen LogP contribution < -0.4 is 9.64 Å². The monoisotopic (exact) mass is 426 g/mol. The SMILES string of the molecule is CCn1ncc2c(C(=O)N3CCCc4c(C)ccc(OC)c43)cc(-c3ccccc3)nc21. The zero-order valence-corrected chi connectivity index (χ0v) is 18.6. The van der Waals surface area contributed by atoms with E-state index in [2.05, 4.69) is 18.1 Å². The number of carbonyl (C=O) groups is 1. The van der Waals surface area contributed by atoms with Crippen LogP contribution in [0.15, 0.2) is 54.7 Å². The number of rotatable bonds is 4. The molecule has 1 amide bonds. The van der Waals surface area contributed by atoms with Crippen molar-refractivity contribution in [1.82, 2.24) is 14.8 Å². The molecular formula is C26H26N4O2. The van der Waals surface area contributed by atoms with E-state index in [0.717, 1.165) is 46.6 Å². The van der Waals surface area contributed by atoms with Crippen molar-refractivity contribution in [3.63, 3.8) is 0 Å². The van der Waals surface area contributed by atoms with Crippen LogP contribution in [0.5, 0.6) is 5.75 Å². The summed E-state index contributed by atoms with van der Waals surface area (Å²) in [5.74, 6) is 0.687. The normalized spacial score (nSPS) is 13.3. The van der Waals surface area contributed by atoms with Crippen molar-refractivity contribution in [2.75, 3.05) is 18.6 Å². The molecule has 0 atom stereocenters. The second kappa shape index (κ2) is 8.11. The van der Waals surface area contributed by atoms with Crippen molar-refractivity contribution in [3.8, 4) is 17.0 Å². The molecular weight excluding hydrogens is 400 g/mol. The van der Waals surface area contributed by atoms with Crippen LogP contribution in [0.3, 0.4) is 0 Å². The Balaban J connectivity index is 1.70. The molecule has 5 rings (SSSR count). The number of ether oxygens (including phenoxy) is 1. The molecule has 162 valence electrons. The average Bonchev–Trinajstić information content (AvgIpc) is 3.27. The first-order chi connectivity index (χ1) is 15.6. The summed E-state index contributed by atoms with van der Waals surface area (Å²) in [6.45, 7) is 5.45. The minimum Gasteiger partial charge on any atom is -0.495 e. The molecule has 6 heteroatoms. The number of benzene rings is 2. The van der Waals surface area contributed by atoms with Crippen molar-refractivity contribution in [3.05, 3.63) is 71.4 Å². The maximum atomic E-state index is 14.0. The van der Waals surface area contributed by atoms with Crippen molar-refractivity contribution >= 4 is 22.6 Å². The van der Waals surface area contributed by atoms with Gasteiger partial charge >= 0.3 is 0 Å². The van der Waals surface area contributed by atoms with Crippen LogP contribution in [0.4, 0.5) is 5.69 Å². The van der Waals surface area contributed by atoms with E-state index >= 15 is 0 Å². The third-order valence-corrected chi connectivity index (χ3v) is 6.23. The standard InChI is InChI=1S/C26H26N4O2/c1-4-30-25-21(16-27-30)20(15-22(28-25)18-9-6-5-7-10-18)26(31)29-14-8-11-19-17(2)12-13-23(32-3)24(19)29/h5-7,9-10,12-13,15-16H,4,8,11,14H2,1-3H3. The van der Waals surface area contributed by atoms with E-state index in [1.54, 1.807) is 13.3 Å². The lowest BCUT2D eigenvalue weighted by Gasteiger charge is -2.32. The van der Waals surface area contributed by atoms with E-state index in [4.69, 9.17) is 9.72 Å². The molecule has 0 saturated heterocycles. The molecule has 2 aromatic carbocycles. The first kappa shape index (κ1) is 20.2. The van der Waals surface area contributed by atoms with Crippen LogP contribution in [-0.2, 0) is 13.0 Å². The van der Waals surface area contributed by atoms with Gasteiger partial charge in [0.25, 0.3) is 5.91 Å². The zero-order chi connectivity index (χ0) is 22.2. The van der Waals surface area contributed by atoms with Crippen molar-refractivity contribution in [2.45, 2.75) is 33.2 Å². The molecule has 2 aromatic heterocycles. The summed E-state index contributed by atoms with van der Waals surface area (Å²) in [4.78, 5) is 20.8. The van der Waals surface area contributed by atoms with Crippen LogP contribution in [0, 0.1) is 6.92 Å². The summed E-state index contributed by atoms with van der Waals surface area (Å²) >= 11 is 0. The molecule has 0 N–H and O–H groups in total. The van der Waals surface area contributed by atoms with Crippen LogP contribution in [0.25, 0.3) is 22.3 Å². The summed E-state index contributed by atoms with van der Waals surface area (Å²) in [6, 6.07) is 15.9. The maximum Gasteiger partial charge on any atom is 0.259 e. The molecule has 0 unspecified atom stereocenters. The molecule has 0 fully saturated rings. The van der Waals surface area contributed by atoms with Gasteiger partial charge in [0.15, 0.2) is 5.65 Å². The number of fused-ring (bicyclic) bond motifs is 2. The predicted octanol–water partition coefficient (Wildman–Crippen LogP) is 5.03. The number of carbonyl (C=O) groups excluding carboxylic acids is 1. The lowest BCUT2D eigenvalue weighted by molar-refractivity contribution is 0.0986. The number of amides is 1. The molecule has 4 aromatic rings. The van der Waals surface area contributed by atoms with Gasteiger partial charge in [-0.05, 0) is 49.9 Å². The van der Waals surface area contributed by atoms with Gasteiger partial charge in [-0.15, -0.1) is 0 Å². The Morgan fingerprint density at radius 3 is 2.72 bits per heavy atom. The maximum absolute atomic E-state index is 14.0. The van der Waals surface area contributed by atoms with Gasteiger partial charge in [-0.2, -0.15) is 5.10 Å². The Labute approximate surface area is 187 Å². The fourth-order valence-electron chi connectivity index (χ4n) is 4.58. The molecule has 3 heterocycles. The summed E-state index contributed by atoms with van der Waals surface area (Å²) < 4.78 is 7.50. The van der Waals surface area contributed by atoms with Gasteiger partial charge in [0.2, 0.25) is 0 Å². The lowest BCUT2D eigenvalue weighted by Crippen LogP contribution is -2.36. The van der Waals surface area contributed by atoms with Gasteiger partial charge in [0.05, 0.1) is 35.6 Å². The predicted molar refractivity (Wildman–Crippen MR) is 126 cm³/mol. The minimum atomic E-state index is -0.0462. The third kappa shape index (κ3) is 3.23. The summed E-state index contributed by atoms with van der Waals surface area (Å²) in [7, 11) is 1.66. The number of pyridine rings is 1. The molecule has 6 nitrogen and oxygen atoms in total. The van der Waals surface area contributed by atoms with Crippen molar-refractivity contribution in [2.24, 2.45) is 0 Å². The molecule has 1 aliphatic rings. The summed E-state index contributed by atoms with van der Waals surface area (Å²) in [6.07, 6.45) is 3.61. The van der Waals surface area contributed by atoms with Crippen LogP contribution in [0.2, 0.25) is 0 Å². The second-order valence-corrected chi connectivity index (χ2v) is 8.09. The summed E-state index contributed by atoms with van der Waals surface area (Å²) in [5.41, 5.74) is 6.34. The van der Waals surface area contributed by atoms with E-state index in [0.29, 0.717) is 18.7 Å². The van der Waals surface area contributed by atoms with E-state index in [1.807, 2.05) is 59.0 Å². The Kier molecular flexibility index (Phi) is 5.13. The largest absolute Gasteiger partial charge is 0.495 e. The molecule has 0 saturated carbocycles. The van der Waals surface area contributed by atoms with Gasteiger partial charge in [-0.3, -0.25) is 4.79 Å². The van der Waals surface area contributed by atoms with E-state index in [1.165, 1.54) is 11.1 Å². The fraction of sp³-hybridized carbons (Fsp3) is 0.269.